The summed E-state index contributed by atoms with van der Waals surface area (Å²) in [5.41, 5.74) is 3.70. The number of para-hydroxylation sites is 1. The zero-order valence-electron chi connectivity index (χ0n) is 18.8. The van der Waals surface area contributed by atoms with E-state index in [9.17, 15) is 9.59 Å². The lowest BCUT2D eigenvalue weighted by Gasteiger charge is -2.57. The number of aromatic nitrogens is 2. The third kappa shape index (κ3) is 3.31. The Labute approximate surface area is 188 Å². The van der Waals surface area contributed by atoms with Gasteiger partial charge >= 0.3 is 0 Å². The number of rotatable bonds is 4. The molecule has 4 fully saturated rings. The van der Waals surface area contributed by atoms with Gasteiger partial charge in [0.15, 0.2) is 0 Å². The maximum atomic E-state index is 12.5. The Morgan fingerprint density at radius 3 is 2.59 bits per heavy atom. The molecule has 1 aromatic heterocycles. The number of carbonyl (C=O) groups is 2. The molecule has 1 atom stereocenters. The summed E-state index contributed by atoms with van der Waals surface area (Å²) in [6, 6.07) is 6.32. The van der Waals surface area contributed by atoms with Crippen LogP contribution < -0.4 is 15.5 Å². The summed E-state index contributed by atoms with van der Waals surface area (Å²) in [7, 11) is 1.96. The number of hydrogen-bond donors (Lipinski definition) is 2. The molecule has 4 saturated heterocycles. The normalized spacial score (nSPS) is 26.3. The van der Waals surface area contributed by atoms with Crippen molar-refractivity contribution >= 4 is 28.4 Å². The van der Waals surface area contributed by atoms with Gasteiger partial charge in [0, 0.05) is 70.1 Å². The molecule has 6 rings (SSSR count). The van der Waals surface area contributed by atoms with Gasteiger partial charge in [-0.1, -0.05) is 12.1 Å². The Morgan fingerprint density at radius 1 is 1.12 bits per heavy atom. The van der Waals surface area contributed by atoms with Crippen LogP contribution in [0.5, 0.6) is 0 Å². The minimum atomic E-state index is -0.358. The first-order valence-corrected chi connectivity index (χ1v) is 12.0. The first-order valence-electron chi connectivity index (χ1n) is 12.0. The van der Waals surface area contributed by atoms with E-state index in [1.54, 1.807) is 0 Å². The number of fused-ring (bicyclic) bond motifs is 1. The average molecular weight is 437 g/mol. The van der Waals surface area contributed by atoms with E-state index < -0.39 is 0 Å². The second-order valence-corrected chi connectivity index (χ2v) is 10.4. The van der Waals surface area contributed by atoms with Gasteiger partial charge in [0.1, 0.15) is 0 Å². The van der Waals surface area contributed by atoms with E-state index in [4.69, 9.17) is 5.10 Å². The van der Waals surface area contributed by atoms with Gasteiger partial charge in [0.2, 0.25) is 11.8 Å². The van der Waals surface area contributed by atoms with E-state index >= 15 is 0 Å². The molecule has 0 bridgehead atoms. The zero-order chi connectivity index (χ0) is 21.9. The minimum absolute atomic E-state index is 0.187. The number of anilines is 1. The molecule has 0 radical (unpaired) electrons. The van der Waals surface area contributed by atoms with Crippen LogP contribution >= 0.6 is 0 Å². The first kappa shape index (κ1) is 20.2. The Bertz CT molecular complexity index is 1060. The van der Waals surface area contributed by atoms with E-state index in [1.807, 2.05) is 11.7 Å². The molecule has 4 aliphatic rings. The van der Waals surface area contributed by atoms with Gasteiger partial charge in [-0.15, -0.1) is 0 Å². The number of carbonyl (C=O) groups excluding carboxylic acids is 2. The summed E-state index contributed by atoms with van der Waals surface area (Å²) in [6.45, 7) is 8.32. The summed E-state index contributed by atoms with van der Waals surface area (Å²) in [5, 5.41) is 11.7. The van der Waals surface area contributed by atoms with Crippen LogP contribution in [0.1, 0.15) is 37.3 Å². The molecule has 2 amide bonds. The maximum absolute atomic E-state index is 12.5. The van der Waals surface area contributed by atoms with Crippen LogP contribution in [-0.2, 0) is 16.6 Å². The summed E-state index contributed by atoms with van der Waals surface area (Å²) in [5.74, 6) is 0.00945. The van der Waals surface area contributed by atoms with Crippen LogP contribution in [0.3, 0.4) is 0 Å². The summed E-state index contributed by atoms with van der Waals surface area (Å²) >= 11 is 0. The molecule has 1 unspecified atom stereocenters. The molecule has 2 aromatic rings. The summed E-state index contributed by atoms with van der Waals surface area (Å²) in [6.07, 6.45) is 3.34. The largest absolute Gasteiger partial charge is 0.370 e. The predicted octanol–water partition coefficient (Wildman–Crippen LogP) is 1.22. The molecule has 8 heteroatoms. The van der Waals surface area contributed by atoms with Crippen molar-refractivity contribution in [2.24, 2.45) is 18.4 Å². The number of piperidine rings is 2. The number of nitrogens with one attached hydrogen (secondary N) is 2. The number of hydrogen-bond acceptors (Lipinski definition) is 6. The van der Waals surface area contributed by atoms with Crippen LogP contribution in [0.2, 0.25) is 0 Å². The highest BCUT2D eigenvalue weighted by molar-refractivity contribution is 6.03. The number of likely N-dealkylation sites (tertiary alicyclic amines) is 1. The van der Waals surface area contributed by atoms with E-state index in [0.29, 0.717) is 18.3 Å². The lowest BCUT2D eigenvalue weighted by molar-refractivity contribution is -0.134. The van der Waals surface area contributed by atoms with Gasteiger partial charge in [0.25, 0.3) is 0 Å². The molecular formula is C24H32N6O2. The second kappa shape index (κ2) is 7.56. The smallest absolute Gasteiger partial charge is 0.235 e. The molecule has 2 N–H and O–H groups in total. The Hall–Kier alpha value is -2.45. The van der Waals surface area contributed by atoms with Gasteiger partial charge < -0.3 is 15.1 Å². The third-order valence-electron chi connectivity index (χ3n) is 8.03. The van der Waals surface area contributed by atoms with Gasteiger partial charge in [-0.2, -0.15) is 5.10 Å². The molecule has 1 spiro atoms. The van der Waals surface area contributed by atoms with Crippen LogP contribution in [-0.4, -0.2) is 72.3 Å². The molecule has 4 aliphatic heterocycles. The maximum Gasteiger partial charge on any atom is 0.235 e. The number of benzene rings is 1. The van der Waals surface area contributed by atoms with Crippen molar-refractivity contribution in [2.45, 2.75) is 31.6 Å². The minimum Gasteiger partial charge on any atom is -0.370 e. The molecule has 1 aromatic carbocycles. The monoisotopic (exact) mass is 436 g/mol. The van der Waals surface area contributed by atoms with E-state index in [1.165, 1.54) is 51.3 Å². The second-order valence-electron chi connectivity index (χ2n) is 10.4. The Kier molecular flexibility index (Phi) is 4.76. The Morgan fingerprint density at radius 2 is 1.91 bits per heavy atom. The van der Waals surface area contributed by atoms with E-state index in [0.717, 1.165) is 35.6 Å². The fourth-order valence-corrected chi connectivity index (χ4v) is 6.27. The van der Waals surface area contributed by atoms with Crippen molar-refractivity contribution in [1.29, 1.82) is 0 Å². The fraction of sp³-hybridized carbons (Fsp3) is 0.625. The van der Waals surface area contributed by atoms with Crippen molar-refractivity contribution in [1.82, 2.24) is 25.3 Å². The van der Waals surface area contributed by atoms with Crippen molar-refractivity contribution < 1.29 is 9.59 Å². The van der Waals surface area contributed by atoms with E-state index in [-0.39, 0.29) is 17.7 Å². The molecule has 0 saturated carbocycles. The van der Waals surface area contributed by atoms with Crippen molar-refractivity contribution in [2.75, 3.05) is 50.7 Å². The van der Waals surface area contributed by atoms with Crippen molar-refractivity contribution in [3.63, 3.8) is 0 Å². The molecule has 5 heterocycles. The molecule has 32 heavy (non-hydrogen) atoms. The number of nitrogens with zero attached hydrogens (tertiary/aromatic N) is 4. The highest BCUT2D eigenvalue weighted by Gasteiger charge is 2.47. The molecule has 170 valence electrons. The first-order chi connectivity index (χ1) is 15.5. The van der Waals surface area contributed by atoms with Crippen molar-refractivity contribution in [3.8, 4) is 0 Å². The number of amides is 2. The van der Waals surface area contributed by atoms with E-state index in [2.05, 4.69) is 38.6 Å². The summed E-state index contributed by atoms with van der Waals surface area (Å²) < 4.78 is 1.92. The van der Waals surface area contributed by atoms with Crippen LogP contribution in [0, 0.1) is 11.3 Å². The molecule has 0 aliphatic carbocycles. The van der Waals surface area contributed by atoms with Gasteiger partial charge in [0.05, 0.1) is 22.8 Å². The molecular weight excluding hydrogens is 404 g/mol. The SMILES string of the molecule is Cn1nc(C2CCC(=O)NC2=O)c2cccc(N3CCC(CN4CC5(CNC5)C4)CC3)c21. The lowest BCUT2D eigenvalue weighted by Crippen LogP contribution is -2.71. The Balaban J connectivity index is 1.16. The zero-order valence-corrected chi connectivity index (χ0v) is 18.8. The van der Waals surface area contributed by atoms with Gasteiger partial charge in [-0.05, 0) is 31.2 Å². The van der Waals surface area contributed by atoms with Crippen LogP contribution in [0.25, 0.3) is 10.9 Å². The lowest BCUT2D eigenvalue weighted by atomic mass is 9.74. The molecule has 8 nitrogen and oxygen atoms in total. The predicted molar refractivity (Wildman–Crippen MR) is 123 cm³/mol. The van der Waals surface area contributed by atoms with Gasteiger partial charge in [-0.3, -0.25) is 19.6 Å². The average Bonchev–Trinajstić information content (AvgIpc) is 3.06. The summed E-state index contributed by atoms with van der Waals surface area (Å²) in [4.78, 5) is 29.2. The quantitative estimate of drug-likeness (QED) is 0.702. The highest BCUT2D eigenvalue weighted by atomic mass is 16.2. The topological polar surface area (TPSA) is 82.5 Å². The van der Waals surface area contributed by atoms with Crippen molar-refractivity contribution in [3.05, 3.63) is 23.9 Å². The van der Waals surface area contributed by atoms with Crippen LogP contribution in [0.4, 0.5) is 5.69 Å². The standard InChI is InChI=1S/C24H32N6O2/c1-28-22-17(21(27-28)18-5-6-20(31)26-23(18)32)3-2-4-19(22)30-9-7-16(8-10-30)11-29-14-24(15-29)12-25-13-24/h2-4,16,18,25H,5-15H2,1H3,(H,26,31,32). The third-order valence-corrected chi connectivity index (χ3v) is 8.03. The number of aryl methyl sites for hydroxylation is 1. The number of imide groups is 1. The van der Waals surface area contributed by atoms with Crippen LogP contribution in [0.15, 0.2) is 18.2 Å². The highest BCUT2D eigenvalue weighted by Crippen LogP contribution is 2.38. The fourth-order valence-electron chi connectivity index (χ4n) is 6.27. The van der Waals surface area contributed by atoms with Gasteiger partial charge in [-0.25, -0.2) is 0 Å².